The quantitative estimate of drug-likeness (QED) is 0.334. The van der Waals surface area contributed by atoms with Gasteiger partial charge in [0.25, 0.3) is 0 Å². The minimum Gasteiger partial charge on any atom is -0.470 e. The summed E-state index contributed by atoms with van der Waals surface area (Å²) in [4.78, 5) is 26.8. The van der Waals surface area contributed by atoms with Crippen LogP contribution in [0.25, 0.3) is 22.1 Å². The van der Waals surface area contributed by atoms with Gasteiger partial charge in [0.05, 0.1) is 11.4 Å². The number of benzene rings is 1. The minimum atomic E-state index is -0.307. The first kappa shape index (κ1) is 20.1. The summed E-state index contributed by atoms with van der Waals surface area (Å²) in [5.41, 5.74) is 7.75. The van der Waals surface area contributed by atoms with Crippen molar-refractivity contribution in [3.8, 4) is 5.88 Å². The first-order chi connectivity index (χ1) is 15.1. The van der Waals surface area contributed by atoms with Crippen LogP contribution in [0, 0.1) is 0 Å². The molecule has 0 radical (unpaired) electrons. The SMILES string of the molecule is COCC(=O)C=C(N)c1nnc2c3ccccc3c(OCc3ccc(C=O)cn3)nn12. The molecular formula is C21H18N6O4. The second-order valence-electron chi connectivity index (χ2n) is 6.60. The zero-order chi connectivity index (χ0) is 21.8. The van der Waals surface area contributed by atoms with Crippen molar-refractivity contribution >= 4 is 34.2 Å². The summed E-state index contributed by atoms with van der Waals surface area (Å²) in [6.45, 7) is 0.0365. The van der Waals surface area contributed by atoms with E-state index in [1.807, 2.05) is 24.3 Å². The summed E-state index contributed by atoms with van der Waals surface area (Å²) in [7, 11) is 1.42. The van der Waals surface area contributed by atoms with Crippen LogP contribution in [0.3, 0.4) is 0 Å². The van der Waals surface area contributed by atoms with E-state index in [1.165, 1.54) is 23.9 Å². The fourth-order valence-corrected chi connectivity index (χ4v) is 2.99. The van der Waals surface area contributed by atoms with E-state index in [9.17, 15) is 9.59 Å². The van der Waals surface area contributed by atoms with Crippen molar-refractivity contribution in [1.29, 1.82) is 0 Å². The van der Waals surface area contributed by atoms with Crippen molar-refractivity contribution in [2.45, 2.75) is 6.61 Å². The number of nitrogens with two attached hydrogens (primary N) is 1. The highest BCUT2D eigenvalue weighted by molar-refractivity contribution is 5.98. The fourth-order valence-electron chi connectivity index (χ4n) is 2.99. The van der Waals surface area contributed by atoms with Crippen molar-refractivity contribution in [2.24, 2.45) is 5.73 Å². The molecule has 0 aliphatic rings. The summed E-state index contributed by atoms with van der Waals surface area (Å²) in [5, 5.41) is 14.3. The van der Waals surface area contributed by atoms with Crippen LogP contribution in [0.5, 0.6) is 5.88 Å². The largest absolute Gasteiger partial charge is 0.470 e. The Bertz CT molecular complexity index is 1300. The van der Waals surface area contributed by atoms with Gasteiger partial charge >= 0.3 is 0 Å². The molecule has 0 amide bonds. The van der Waals surface area contributed by atoms with Crippen molar-refractivity contribution in [1.82, 2.24) is 24.8 Å². The standard InChI is InChI=1S/C21H18N6O4/c1-30-12-15(29)8-18(22)20-25-24-19-16-4-2-3-5-17(16)21(26-27(19)20)31-11-14-7-6-13(10-28)9-23-14/h2-10H,11-12,22H2,1H3. The van der Waals surface area contributed by atoms with E-state index in [0.29, 0.717) is 22.8 Å². The summed E-state index contributed by atoms with van der Waals surface area (Å²) in [6.07, 6.45) is 3.43. The number of carbonyl (C=O) groups is 2. The Morgan fingerprint density at radius 2 is 1.97 bits per heavy atom. The average molecular weight is 418 g/mol. The van der Waals surface area contributed by atoms with Gasteiger partial charge in [0.1, 0.15) is 13.2 Å². The van der Waals surface area contributed by atoms with Crippen LogP contribution in [-0.2, 0) is 16.1 Å². The van der Waals surface area contributed by atoms with Crippen LogP contribution in [0.4, 0.5) is 0 Å². The number of hydrogen-bond acceptors (Lipinski definition) is 9. The third kappa shape index (κ3) is 4.09. The molecule has 10 nitrogen and oxygen atoms in total. The first-order valence-corrected chi connectivity index (χ1v) is 9.27. The number of ether oxygens (including phenoxy) is 2. The van der Waals surface area contributed by atoms with Crippen LogP contribution < -0.4 is 10.5 Å². The Morgan fingerprint density at radius 3 is 2.68 bits per heavy atom. The highest BCUT2D eigenvalue weighted by Gasteiger charge is 2.17. The molecule has 4 aromatic rings. The number of fused-ring (bicyclic) bond motifs is 3. The van der Waals surface area contributed by atoms with Crippen molar-refractivity contribution in [2.75, 3.05) is 13.7 Å². The molecule has 156 valence electrons. The molecule has 10 heteroatoms. The van der Waals surface area contributed by atoms with Crippen LogP contribution in [0.15, 0.2) is 48.7 Å². The van der Waals surface area contributed by atoms with E-state index >= 15 is 0 Å². The zero-order valence-electron chi connectivity index (χ0n) is 16.6. The molecule has 1 aromatic carbocycles. The van der Waals surface area contributed by atoms with Gasteiger partial charge in [0.2, 0.25) is 11.7 Å². The fraction of sp³-hybridized carbons (Fsp3) is 0.143. The molecule has 0 spiro atoms. The van der Waals surface area contributed by atoms with Gasteiger partial charge in [-0.3, -0.25) is 14.6 Å². The number of ketones is 1. The third-order valence-electron chi connectivity index (χ3n) is 4.43. The van der Waals surface area contributed by atoms with Crippen molar-refractivity contribution in [3.05, 3.63) is 65.8 Å². The lowest BCUT2D eigenvalue weighted by atomic mass is 10.2. The average Bonchev–Trinajstić information content (AvgIpc) is 3.22. The molecule has 0 bridgehead atoms. The second kappa shape index (κ2) is 8.67. The zero-order valence-corrected chi connectivity index (χ0v) is 16.6. The van der Waals surface area contributed by atoms with E-state index in [2.05, 4.69) is 20.3 Å². The molecule has 0 unspecified atom stereocenters. The molecule has 0 aliphatic carbocycles. The molecule has 0 aliphatic heterocycles. The van der Waals surface area contributed by atoms with Gasteiger partial charge < -0.3 is 15.2 Å². The molecule has 0 atom stereocenters. The van der Waals surface area contributed by atoms with E-state index in [0.717, 1.165) is 17.1 Å². The van der Waals surface area contributed by atoms with Gasteiger partial charge in [-0.25, -0.2) is 0 Å². The number of rotatable bonds is 8. The Balaban J connectivity index is 1.74. The van der Waals surface area contributed by atoms with Gasteiger partial charge in [0, 0.05) is 35.7 Å². The Labute approximate surface area is 176 Å². The lowest BCUT2D eigenvalue weighted by Crippen LogP contribution is -2.11. The molecule has 2 N–H and O–H groups in total. The highest BCUT2D eigenvalue weighted by Crippen LogP contribution is 2.27. The molecule has 3 heterocycles. The lowest BCUT2D eigenvalue weighted by molar-refractivity contribution is -0.117. The van der Waals surface area contributed by atoms with Gasteiger partial charge in [-0.05, 0) is 18.2 Å². The normalized spacial score (nSPS) is 11.7. The number of nitrogens with zero attached hydrogens (tertiary/aromatic N) is 5. The lowest BCUT2D eigenvalue weighted by Gasteiger charge is -2.10. The van der Waals surface area contributed by atoms with Crippen molar-refractivity contribution < 1.29 is 19.1 Å². The Hall–Kier alpha value is -4.18. The van der Waals surface area contributed by atoms with Gasteiger partial charge in [-0.15, -0.1) is 15.3 Å². The number of aldehydes is 1. The van der Waals surface area contributed by atoms with Gasteiger partial charge in [0.15, 0.2) is 17.7 Å². The number of pyridine rings is 1. The van der Waals surface area contributed by atoms with E-state index < -0.39 is 0 Å². The minimum absolute atomic E-state index is 0.0992. The maximum absolute atomic E-state index is 11.9. The second-order valence-corrected chi connectivity index (χ2v) is 6.60. The topological polar surface area (TPSA) is 135 Å². The predicted octanol–water partition coefficient (Wildman–Crippen LogP) is 1.58. The van der Waals surface area contributed by atoms with E-state index in [1.54, 1.807) is 12.1 Å². The summed E-state index contributed by atoms with van der Waals surface area (Å²) in [5.74, 6) is 0.226. The number of aromatic nitrogens is 5. The maximum Gasteiger partial charge on any atom is 0.240 e. The van der Waals surface area contributed by atoms with Crippen molar-refractivity contribution in [3.63, 3.8) is 0 Å². The van der Waals surface area contributed by atoms with Gasteiger partial charge in [-0.2, -0.15) is 4.52 Å². The molecule has 0 saturated carbocycles. The summed E-state index contributed by atoms with van der Waals surface area (Å²) in [6, 6.07) is 10.8. The monoisotopic (exact) mass is 418 g/mol. The third-order valence-corrected chi connectivity index (χ3v) is 4.43. The van der Waals surface area contributed by atoms with Gasteiger partial charge in [-0.1, -0.05) is 18.2 Å². The molecule has 0 fully saturated rings. The van der Waals surface area contributed by atoms with Crippen LogP contribution in [0.1, 0.15) is 21.9 Å². The Kier molecular flexibility index (Phi) is 5.63. The van der Waals surface area contributed by atoms with Crippen LogP contribution in [-0.4, -0.2) is 50.6 Å². The molecular weight excluding hydrogens is 400 g/mol. The van der Waals surface area contributed by atoms with E-state index in [-0.39, 0.29) is 30.5 Å². The molecule has 4 rings (SSSR count). The Morgan fingerprint density at radius 1 is 1.16 bits per heavy atom. The van der Waals surface area contributed by atoms with E-state index in [4.69, 9.17) is 15.2 Å². The predicted molar refractivity (Wildman–Crippen MR) is 111 cm³/mol. The maximum atomic E-state index is 11.9. The van der Waals surface area contributed by atoms with Crippen LogP contribution >= 0.6 is 0 Å². The van der Waals surface area contributed by atoms with Crippen LogP contribution in [0.2, 0.25) is 0 Å². The molecule has 0 saturated heterocycles. The smallest absolute Gasteiger partial charge is 0.240 e. The molecule has 3 aromatic heterocycles. The number of carbonyl (C=O) groups excluding carboxylic acids is 2. The first-order valence-electron chi connectivity index (χ1n) is 9.27. The molecule has 31 heavy (non-hydrogen) atoms. The highest BCUT2D eigenvalue weighted by atomic mass is 16.5. The number of methoxy groups -OCH3 is 1. The summed E-state index contributed by atoms with van der Waals surface area (Å²) < 4.78 is 12.2. The summed E-state index contributed by atoms with van der Waals surface area (Å²) >= 11 is 0. The number of hydrogen-bond donors (Lipinski definition) is 1.